The molecule has 0 bridgehead atoms. The molecule has 0 saturated carbocycles. The third-order valence-electron chi connectivity index (χ3n) is 8.86. The molecule has 252 valence electrons. The Morgan fingerprint density at radius 1 is 0.739 bits per heavy atom. The first kappa shape index (κ1) is 37.1. The van der Waals surface area contributed by atoms with Gasteiger partial charge in [-0.05, 0) is 36.5 Å². The number of rotatable bonds is 21. The van der Waals surface area contributed by atoms with Gasteiger partial charge in [0.05, 0.1) is 25.8 Å². The van der Waals surface area contributed by atoms with Crippen molar-refractivity contribution < 1.29 is 18.8 Å². The van der Waals surface area contributed by atoms with Crippen LogP contribution in [0.25, 0.3) is 0 Å². The number of aromatic nitrogens is 1. The Balaban J connectivity index is 1.72. The van der Waals surface area contributed by atoms with E-state index in [9.17, 15) is 4.79 Å². The molecule has 0 radical (unpaired) electrons. The van der Waals surface area contributed by atoms with E-state index in [1.165, 1.54) is 76.2 Å². The van der Waals surface area contributed by atoms with Gasteiger partial charge in [0.2, 0.25) is 5.69 Å². The summed E-state index contributed by atoms with van der Waals surface area (Å²) in [4.78, 5) is 16.1. The van der Waals surface area contributed by atoms with Gasteiger partial charge in [-0.1, -0.05) is 135 Å². The number of methoxy groups -OCH3 is 1. The molecular weight excluding hydrogens is 568 g/mol. The van der Waals surface area contributed by atoms with Gasteiger partial charge in [-0.2, -0.15) is 0 Å². The van der Waals surface area contributed by atoms with E-state index >= 15 is 0 Å². The minimum atomic E-state index is -0.0932. The standard InChI is InChI=1S/C41H61N2O3/c1-7-9-10-11-12-13-14-15-16-17-18-23-31-46-39-34(25-24-28-37(39)41(3,4)5)32-43(33-35-26-21-22-30-42(35)8-2)40(44)36-27-19-20-29-38(36)45-6/h19-22,24-30H,7-18,23,31-33H2,1-6H3/q+1. The lowest BCUT2D eigenvalue weighted by Crippen LogP contribution is -2.41. The number of carbonyl (C=O) groups is 1. The summed E-state index contributed by atoms with van der Waals surface area (Å²) in [5.41, 5.74) is 3.77. The molecule has 1 amide bonds. The largest absolute Gasteiger partial charge is 0.496 e. The van der Waals surface area contributed by atoms with Crippen LogP contribution >= 0.6 is 0 Å². The molecule has 0 saturated heterocycles. The van der Waals surface area contributed by atoms with Crippen molar-refractivity contribution >= 4 is 5.91 Å². The van der Waals surface area contributed by atoms with Crippen molar-refractivity contribution in [2.75, 3.05) is 13.7 Å². The van der Waals surface area contributed by atoms with Crippen LogP contribution in [0.3, 0.4) is 0 Å². The molecule has 1 heterocycles. The molecule has 3 aromatic rings. The molecular formula is C41H61N2O3+. The van der Waals surface area contributed by atoms with Gasteiger partial charge in [-0.25, -0.2) is 4.57 Å². The molecule has 5 heteroatoms. The van der Waals surface area contributed by atoms with E-state index in [1.54, 1.807) is 7.11 Å². The number of pyridine rings is 1. The molecule has 0 spiro atoms. The minimum Gasteiger partial charge on any atom is -0.496 e. The number of benzene rings is 2. The first-order valence-corrected chi connectivity index (χ1v) is 17.9. The monoisotopic (exact) mass is 629 g/mol. The molecule has 0 aliphatic heterocycles. The smallest absolute Gasteiger partial charge is 0.258 e. The van der Waals surface area contributed by atoms with Crippen LogP contribution in [0.15, 0.2) is 66.9 Å². The van der Waals surface area contributed by atoms with Crippen molar-refractivity contribution in [3.8, 4) is 11.5 Å². The van der Waals surface area contributed by atoms with Gasteiger partial charge in [0, 0.05) is 17.7 Å². The summed E-state index contributed by atoms with van der Waals surface area (Å²) in [6.45, 7) is 13.5. The van der Waals surface area contributed by atoms with Crippen LogP contribution < -0.4 is 14.0 Å². The van der Waals surface area contributed by atoms with Crippen LogP contribution in [0.4, 0.5) is 0 Å². The van der Waals surface area contributed by atoms with E-state index in [0.717, 1.165) is 30.0 Å². The number of hydrogen-bond acceptors (Lipinski definition) is 3. The maximum atomic E-state index is 14.2. The van der Waals surface area contributed by atoms with Gasteiger partial charge >= 0.3 is 0 Å². The number of ether oxygens (including phenoxy) is 2. The molecule has 0 atom stereocenters. The van der Waals surface area contributed by atoms with Crippen LogP contribution in [-0.2, 0) is 25.0 Å². The molecule has 0 aliphatic carbocycles. The van der Waals surface area contributed by atoms with Crippen LogP contribution in [0.5, 0.6) is 11.5 Å². The highest BCUT2D eigenvalue weighted by Gasteiger charge is 2.27. The second kappa shape index (κ2) is 20.0. The van der Waals surface area contributed by atoms with Gasteiger partial charge in [0.15, 0.2) is 6.20 Å². The number of amides is 1. The lowest BCUT2D eigenvalue weighted by Gasteiger charge is -2.28. The van der Waals surface area contributed by atoms with Crippen molar-refractivity contribution in [1.82, 2.24) is 4.90 Å². The quantitative estimate of drug-likeness (QED) is 0.0870. The second-order valence-electron chi connectivity index (χ2n) is 13.6. The lowest BCUT2D eigenvalue weighted by molar-refractivity contribution is -0.701. The second-order valence-corrected chi connectivity index (χ2v) is 13.6. The van der Waals surface area contributed by atoms with E-state index in [4.69, 9.17) is 9.47 Å². The van der Waals surface area contributed by atoms with Gasteiger partial charge < -0.3 is 14.4 Å². The van der Waals surface area contributed by atoms with Crippen LogP contribution in [0.1, 0.15) is 139 Å². The number of unbranched alkanes of at least 4 members (excludes halogenated alkanes) is 11. The number of nitrogens with zero attached hydrogens (tertiary/aromatic N) is 2. The minimum absolute atomic E-state index is 0.0583. The van der Waals surface area contributed by atoms with Crippen molar-refractivity contribution in [2.24, 2.45) is 0 Å². The third-order valence-corrected chi connectivity index (χ3v) is 8.86. The number of aryl methyl sites for hydroxylation is 1. The Bertz CT molecular complexity index is 1310. The fraction of sp³-hybridized carbons (Fsp3) is 0.561. The Morgan fingerprint density at radius 2 is 1.37 bits per heavy atom. The Morgan fingerprint density at radius 3 is 2.00 bits per heavy atom. The summed E-state index contributed by atoms with van der Waals surface area (Å²) in [7, 11) is 1.62. The highest BCUT2D eigenvalue weighted by Crippen LogP contribution is 2.35. The lowest BCUT2D eigenvalue weighted by atomic mass is 9.85. The van der Waals surface area contributed by atoms with E-state index in [1.807, 2.05) is 41.3 Å². The molecule has 0 N–H and O–H groups in total. The Hall–Kier alpha value is -3.34. The van der Waals surface area contributed by atoms with Gasteiger partial charge in [-0.15, -0.1) is 0 Å². The fourth-order valence-corrected chi connectivity index (χ4v) is 6.14. The van der Waals surface area contributed by atoms with E-state index in [2.05, 4.69) is 69.6 Å². The summed E-state index contributed by atoms with van der Waals surface area (Å²) >= 11 is 0. The maximum absolute atomic E-state index is 14.2. The summed E-state index contributed by atoms with van der Waals surface area (Å²) in [6.07, 6.45) is 17.9. The van der Waals surface area contributed by atoms with Crippen molar-refractivity contribution in [3.63, 3.8) is 0 Å². The van der Waals surface area contributed by atoms with Crippen LogP contribution in [0.2, 0.25) is 0 Å². The molecule has 5 nitrogen and oxygen atoms in total. The summed E-state index contributed by atoms with van der Waals surface area (Å²) in [6, 6.07) is 20.1. The average molecular weight is 630 g/mol. The zero-order valence-electron chi connectivity index (χ0n) is 29.8. The van der Waals surface area contributed by atoms with Crippen molar-refractivity contribution in [2.45, 2.75) is 137 Å². The van der Waals surface area contributed by atoms with Crippen LogP contribution in [-0.4, -0.2) is 24.5 Å². The predicted molar refractivity (Wildman–Crippen MR) is 191 cm³/mol. The summed E-state index contributed by atoms with van der Waals surface area (Å²) in [5, 5.41) is 0. The molecule has 0 aliphatic rings. The topological polar surface area (TPSA) is 42.7 Å². The normalized spacial score (nSPS) is 11.4. The SMILES string of the molecule is CCCCCCCCCCCCCCOc1c(CN(Cc2cccc[n+]2CC)C(=O)c2ccccc2OC)cccc1C(C)(C)C. The van der Waals surface area contributed by atoms with Gasteiger partial charge in [0.25, 0.3) is 5.91 Å². The molecule has 2 aromatic carbocycles. The molecule has 46 heavy (non-hydrogen) atoms. The zero-order chi connectivity index (χ0) is 33.2. The van der Waals surface area contributed by atoms with Crippen LogP contribution in [0, 0.1) is 0 Å². The fourth-order valence-electron chi connectivity index (χ4n) is 6.14. The Kier molecular flexibility index (Phi) is 16.2. The van der Waals surface area contributed by atoms with E-state index < -0.39 is 0 Å². The molecule has 0 unspecified atom stereocenters. The zero-order valence-corrected chi connectivity index (χ0v) is 29.8. The number of para-hydroxylation sites is 2. The maximum Gasteiger partial charge on any atom is 0.258 e. The molecule has 3 rings (SSSR count). The highest BCUT2D eigenvalue weighted by atomic mass is 16.5. The van der Waals surface area contributed by atoms with Crippen molar-refractivity contribution in [1.29, 1.82) is 0 Å². The Labute approximate surface area is 280 Å². The van der Waals surface area contributed by atoms with Gasteiger partial charge in [-0.3, -0.25) is 4.79 Å². The van der Waals surface area contributed by atoms with Gasteiger partial charge in [0.1, 0.15) is 24.6 Å². The summed E-state index contributed by atoms with van der Waals surface area (Å²) in [5.74, 6) is 1.45. The number of carbonyl (C=O) groups excluding carboxylic acids is 1. The predicted octanol–water partition coefficient (Wildman–Crippen LogP) is 10.2. The molecule has 0 fully saturated rings. The molecule has 1 aromatic heterocycles. The first-order chi connectivity index (χ1) is 22.3. The van der Waals surface area contributed by atoms with Crippen molar-refractivity contribution in [3.05, 3.63) is 89.2 Å². The van der Waals surface area contributed by atoms with E-state index in [-0.39, 0.29) is 11.3 Å². The highest BCUT2D eigenvalue weighted by molar-refractivity contribution is 5.96. The number of hydrogen-bond donors (Lipinski definition) is 0. The average Bonchev–Trinajstić information content (AvgIpc) is 3.06. The third kappa shape index (κ3) is 11.8. The first-order valence-electron chi connectivity index (χ1n) is 17.9. The summed E-state index contributed by atoms with van der Waals surface area (Å²) < 4.78 is 14.4. The van der Waals surface area contributed by atoms with E-state index in [0.29, 0.717) is 31.0 Å².